The van der Waals surface area contributed by atoms with Gasteiger partial charge in [0.2, 0.25) is 0 Å². The molecule has 0 N–H and O–H groups in total. The van der Waals surface area contributed by atoms with E-state index in [-0.39, 0.29) is 0 Å². The first-order valence-electron chi connectivity index (χ1n) is 4.44. The van der Waals surface area contributed by atoms with Gasteiger partial charge in [-0.15, -0.1) is 0 Å². The van der Waals surface area contributed by atoms with Gasteiger partial charge >= 0.3 is 0 Å². The number of hydrogen-bond acceptors (Lipinski definition) is 1. The van der Waals surface area contributed by atoms with Crippen molar-refractivity contribution in [2.24, 2.45) is 0 Å². The Kier molecular flexibility index (Phi) is 2.63. The lowest BCUT2D eigenvalue weighted by Gasteiger charge is -2.06. The van der Waals surface area contributed by atoms with E-state index in [1.807, 2.05) is 0 Å². The van der Waals surface area contributed by atoms with Crippen molar-refractivity contribution >= 4 is 33.4 Å². The molecule has 0 aliphatic rings. The number of aryl methyl sites for hydroxylation is 1. The maximum Gasteiger partial charge on any atom is 0.122 e. The lowest BCUT2D eigenvalue weighted by Crippen LogP contribution is -1.87. The number of hydrogen-bond donors (Lipinski definition) is 0. The van der Waals surface area contributed by atoms with E-state index >= 15 is 0 Å². The second-order valence-corrected chi connectivity index (χ2v) is 4.56. The molecule has 0 aromatic heterocycles. The van der Waals surface area contributed by atoms with Crippen molar-refractivity contribution in [2.75, 3.05) is 7.11 Å². The van der Waals surface area contributed by atoms with Crippen molar-refractivity contribution in [2.45, 2.75) is 6.92 Å². The second-order valence-electron chi connectivity index (χ2n) is 3.31. The van der Waals surface area contributed by atoms with E-state index < -0.39 is 0 Å². The third-order valence-corrected chi connectivity index (χ3v) is 2.99. The van der Waals surface area contributed by atoms with Gasteiger partial charge in [0.05, 0.1) is 7.11 Å². The maximum atomic E-state index is 5.29. The van der Waals surface area contributed by atoms with Crippen LogP contribution in [0.1, 0.15) is 5.56 Å². The minimum absolute atomic E-state index is 0.958. The molecular weight excluding hydrogens is 287 g/mol. The molecule has 0 radical (unpaired) electrons. The fourth-order valence-corrected chi connectivity index (χ4v) is 2.10. The van der Waals surface area contributed by atoms with E-state index in [2.05, 4.69) is 59.8 Å². The fourth-order valence-electron chi connectivity index (χ4n) is 1.58. The predicted octanol–water partition coefficient (Wildman–Crippen LogP) is 3.76. The maximum absolute atomic E-state index is 5.29. The Morgan fingerprint density at radius 3 is 2.57 bits per heavy atom. The Morgan fingerprint density at radius 2 is 1.86 bits per heavy atom. The number of methoxy groups -OCH3 is 1. The minimum atomic E-state index is 0.958. The molecular formula is C12H11IO. The quantitative estimate of drug-likeness (QED) is 0.728. The Hall–Kier alpha value is -0.770. The number of fused-ring (bicyclic) bond motifs is 1. The zero-order chi connectivity index (χ0) is 10.1. The highest BCUT2D eigenvalue weighted by atomic mass is 127. The van der Waals surface area contributed by atoms with Crippen LogP contribution in [-0.4, -0.2) is 7.11 Å². The molecule has 2 aromatic carbocycles. The van der Waals surface area contributed by atoms with Gasteiger partial charge in [-0.2, -0.15) is 0 Å². The summed E-state index contributed by atoms with van der Waals surface area (Å²) < 4.78 is 6.54. The molecule has 0 heterocycles. The van der Waals surface area contributed by atoms with Crippen LogP contribution in [0.3, 0.4) is 0 Å². The normalized spacial score (nSPS) is 10.5. The molecule has 14 heavy (non-hydrogen) atoms. The highest BCUT2D eigenvalue weighted by Crippen LogP contribution is 2.26. The predicted molar refractivity (Wildman–Crippen MR) is 68.0 cm³/mol. The van der Waals surface area contributed by atoms with Gasteiger partial charge in [0.1, 0.15) is 5.75 Å². The second kappa shape index (κ2) is 3.77. The molecule has 0 aliphatic carbocycles. The van der Waals surface area contributed by atoms with Crippen LogP contribution in [0.4, 0.5) is 0 Å². The average molecular weight is 298 g/mol. The summed E-state index contributed by atoms with van der Waals surface area (Å²) in [6, 6.07) is 10.7. The molecule has 0 atom stereocenters. The molecule has 1 nitrogen and oxygen atoms in total. The van der Waals surface area contributed by atoms with Crippen molar-refractivity contribution in [3.05, 3.63) is 39.5 Å². The summed E-state index contributed by atoms with van der Waals surface area (Å²) in [5, 5.41) is 2.50. The van der Waals surface area contributed by atoms with Gasteiger partial charge in [-0.05, 0) is 70.1 Å². The van der Waals surface area contributed by atoms with Crippen LogP contribution < -0.4 is 4.74 Å². The standard InChI is InChI=1S/C12H11IO/c1-8-5-9-3-4-11(13)6-10(9)7-12(8)14-2/h3-7H,1-2H3. The summed E-state index contributed by atoms with van der Waals surface area (Å²) in [4.78, 5) is 0. The molecule has 2 aromatic rings. The molecule has 0 amide bonds. The monoisotopic (exact) mass is 298 g/mol. The topological polar surface area (TPSA) is 9.23 Å². The molecule has 0 saturated carbocycles. The lowest BCUT2D eigenvalue weighted by molar-refractivity contribution is 0.412. The van der Waals surface area contributed by atoms with Gasteiger partial charge in [0.25, 0.3) is 0 Å². The van der Waals surface area contributed by atoms with Gasteiger partial charge in [-0.1, -0.05) is 6.07 Å². The van der Waals surface area contributed by atoms with E-state index in [1.54, 1.807) is 7.11 Å². The SMILES string of the molecule is COc1cc2cc(I)ccc2cc1C. The number of ether oxygens (including phenoxy) is 1. The molecule has 0 unspecified atom stereocenters. The number of halogens is 1. The molecule has 0 aliphatic heterocycles. The fraction of sp³-hybridized carbons (Fsp3) is 0.167. The first-order valence-corrected chi connectivity index (χ1v) is 5.52. The summed E-state index contributed by atoms with van der Waals surface area (Å²) in [6.07, 6.45) is 0. The molecule has 0 bridgehead atoms. The van der Waals surface area contributed by atoms with Gasteiger partial charge in [0, 0.05) is 3.57 Å². The van der Waals surface area contributed by atoms with Crippen LogP contribution in [-0.2, 0) is 0 Å². The van der Waals surface area contributed by atoms with Crippen molar-refractivity contribution in [1.29, 1.82) is 0 Å². The van der Waals surface area contributed by atoms with Crippen molar-refractivity contribution in [1.82, 2.24) is 0 Å². The van der Waals surface area contributed by atoms with E-state index in [1.165, 1.54) is 19.9 Å². The Morgan fingerprint density at radius 1 is 1.07 bits per heavy atom. The van der Waals surface area contributed by atoms with Crippen LogP contribution in [0.5, 0.6) is 5.75 Å². The Labute approximate surface area is 97.2 Å². The summed E-state index contributed by atoms with van der Waals surface area (Å²) in [7, 11) is 1.71. The molecule has 0 spiro atoms. The summed E-state index contributed by atoms with van der Waals surface area (Å²) in [5.74, 6) is 0.958. The number of rotatable bonds is 1. The number of benzene rings is 2. The summed E-state index contributed by atoms with van der Waals surface area (Å²) in [5.41, 5.74) is 1.18. The smallest absolute Gasteiger partial charge is 0.122 e. The first-order chi connectivity index (χ1) is 6.70. The molecule has 0 fully saturated rings. The van der Waals surface area contributed by atoms with Crippen molar-refractivity contribution in [3.8, 4) is 5.75 Å². The Balaban J connectivity index is 2.73. The lowest BCUT2D eigenvalue weighted by atomic mass is 10.1. The zero-order valence-electron chi connectivity index (χ0n) is 8.17. The highest BCUT2D eigenvalue weighted by molar-refractivity contribution is 14.1. The van der Waals surface area contributed by atoms with Crippen LogP contribution in [0.25, 0.3) is 10.8 Å². The van der Waals surface area contributed by atoms with E-state index in [0.29, 0.717) is 0 Å². The summed E-state index contributed by atoms with van der Waals surface area (Å²) >= 11 is 2.32. The molecule has 2 rings (SSSR count). The van der Waals surface area contributed by atoms with E-state index in [9.17, 15) is 0 Å². The average Bonchev–Trinajstić information content (AvgIpc) is 2.17. The molecule has 0 saturated heterocycles. The van der Waals surface area contributed by atoms with Gasteiger partial charge < -0.3 is 4.74 Å². The van der Waals surface area contributed by atoms with Crippen LogP contribution in [0.15, 0.2) is 30.3 Å². The highest BCUT2D eigenvalue weighted by Gasteiger charge is 2.01. The molecule has 72 valence electrons. The summed E-state index contributed by atoms with van der Waals surface area (Å²) in [6.45, 7) is 2.07. The third-order valence-electron chi connectivity index (χ3n) is 2.32. The minimum Gasteiger partial charge on any atom is -0.496 e. The van der Waals surface area contributed by atoms with E-state index in [0.717, 1.165) is 5.75 Å². The van der Waals surface area contributed by atoms with Crippen molar-refractivity contribution in [3.63, 3.8) is 0 Å². The Bertz CT molecular complexity index is 477. The molecule has 2 heteroatoms. The van der Waals surface area contributed by atoms with E-state index in [4.69, 9.17) is 4.74 Å². The van der Waals surface area contributed by atoms with Crippen LogP contribution in [0, 0.1) is 10.5 Å². The van der Waals surface area contributed by atoms with Gasteiger partial charge in [-0.25, -0.2) is 0 Å². The van der Waals surface area contributed by atoms with Gasteiger partial charge in [-0.3, -0.25) is 0 Å². The first kappa shape index (κ1) is 9.77. The van der Waals surface area contributed by atoms with Crippen molar-refractivity contribution < 1.29 is 4.74 Å². The third kappa shape index (κ3) is 1.71. The zero-order valence-corrected chi connectivity index (χ0v) is 10.3. The van der Waals surface area contributed by atoms with Crippen LogP contribution in [0.2, 0.25) is 0 Å². The van der Waals surface area contributed by atoms with Gasteiger partial charge in [0.15, 0.2) is 0 Å². The largest absolute Gasteiger partial charge is 0.496 e. The van der Waals surface area contributed by atoms with Crippen LogP contribution >= 0.6 is 22.6 Å².